The lowest BCUT2D eigenvalue weighted by atomic mass is 9.97. The molecule has 0 spiro atoms. The summed E-state index contributed by atoms with van der Waals surface area (Å²) in [6, 6.07) is 13.7. The maximum atomic E-state index is 11.1. The zero-order valence-electron chi connectivity index (χ0n) is 21.2. The van der Waals surface area contributed by atoms with Crippen molar-refractivity contribution < 1.29 is 19.0 Å². The number of rotatable bonds is 10. The van der Waals surface area contributed by atoms with E-state index in [0.717, 1.165) is 22.4 Å². The molecule has 2 aromatic carbocycles. The standard InChI is InChI=1S/C26H30N6O4S/c1-26(2,36-24(28)33)14-17-7-5-16(6-8-17)11-12-32-15-29-22(27)21-23(32)31-25(30-21)37-20-13-18(34-3)9-10-19(20)35-4/h5-10,13,15H,11-12,14,27H2,1-4H3,(H2,28,33). The third kappa shape index (κ3) is 6.42. The van der Waals surface area contributed by atoms with Crippen molar-refractivity contribution in [3.05, 3.63) is 59.9 Å². The number of nitrogens with zero attached hydrogens (tertiary/aromatic N) is 4. The second-order valence-corrected chi connectivity index (χ2v) is 10.1. The average Bonchev–Trinajstić information content (AvgIpc) is 3.28. The van der Waals surface area contributed by atoms with Crippen LogP contribution in [0.3, 0.4) is 0 Å². The van der Waals surface area contributed by atoms with Gasteiger partial charge in [0.1, 0.15) is 17.1 Å². The molecule has 2 aliphatic rings. The number of carbonyl (C=O) groups is 1. The predicted molar refractivity (Wildman–Crippen MR) is 141 cm³/mol. The number of hydrogen-bond acceptors (Lipinski definition) is 9. The van der Waals surface area contributed by atoms with Gasteiger partial charge in [0.15, 0.2) is 22.5 Å². The number of primary amides is 1. The van der Waals surface area contributed by atoms with E-state index in [1.165, 1.54) is 11.8 Å². The van der Waals surface area contributed by atoms with E-state index in [1.54, 1.807) is 20.5 Å². The van der Waals surface area contributed by atoms with Crippen LogP contribution in [0, 0.1) is 0 Å². The van der Waals surface area contributed by atoms with E-state index >= 15 is 0 Å². The minimum absolute atomic E-state index is 0.327. The molecule has 2 heterocycles. The van der Waals surface area contributed by atoms with Crippen molar-refractivity contribution in [2.75, 3.05) is 20.0 Å². The van der Waals surface area contributed by atoms with Gasteiger partial charge in [0.05, 0.1) is 25.4 Å². The number of carbonyl (C=O) groups excluding carboxylic acids is 1. The average molecular weight is 523 g/mol. The van der Waals surface area contributed by atoms with Crippen LogP contribution in [0.25, 0.3) is 11.5 Å². The predicted octanol–water partition coefficient (Wildman–Crippen LogP) is 4.19. The number of amides is 1. The summed E-state index contributed by atoms with van der Waals surface area (Å²) >= 11 is 1.37. The maximum absolute atomic E-state index is 11.1. The van der Waals surface area contributed by atoms with Gasteiger partial charge in [-0.25, -0.2) is 19.7 Å². The van der Waals surface area contributed by atoms with Crippen LogP contribution in [0.5, 0.6) is 11.5 Å². The van der Waals surface area contributed by atoms with E-state index in [1.807, 2.05) is 48.7 Å². The van der Waals surface area contributed by atoms with Crippen LogP contribution >= 0.6 is 11.8 Å². The normalized spacial score (nSPS) is 11.5. The van der Waals surface area contributed by atoms with Gasteiger partial charge in [-0.15, -0.1) is 0 Å². The van der Waals surface area contributed by atoms with Crippen LogP contribution in [0.4, 0.5) is 10.6 Å². The summed E-state index contributed by atoms with van der Waals surface area (Å²) in [6.45, 7) is 4.31. The van der Waals surface area contributed by atoms with E-state index < -0.39 is 11.7 Å². The van der Waals surface area contributed by atoms with E-state index in [2.05, 4.69) is 22.1 Å². The highest BCUT2D eigenvalue weighted by molar-refractivity contribution is 7.99. The molecule has 0 atom stereocenters. The van der Waals surface area contributed by atoms with Crippen LogP contribution in [-0.2, 0) is 24.1 Å². The molecule has 1 amide bonds. The number of ether oxygens (including phenoxy) is 3. The van der Waals surface area contributed by atoms with E-state index in [4.69, 9.17) is 30.7 Å². The number of fused-ring (bicyclic) bond motifs is 1. The monoisotopic (exact) mass is 522 g/mol. The number of hydrogen-bond donors (Lipinski definition) is 2. The van der Waals surface area contributed by atoms with Gasteiger partial charge in [0.2, 0.25) is 0 Å². The first-order valence-corrected chi connectivity index (χ1v) is 12.4. The first kappa shape index (κ1) is 26.1. The summed E-state index contributed by atoms with van der Waals surface area (Å²) in [6.07, 6.45) is 2.23. The number of imidazole rings is 1. The van der Waals surface area contributed by atoms with Crippen LogP contribution in [0.15, 0.2) is 58.8 Å². The molecule has 0 radical (unpaired) electrons. The molecule has 0 bridgehead atoms. The van der Waals surface area contributed by atoms with Crippen molar-refractivity contribution in [3.63, 3.8) is 0 Å². The third-order valence-electron chi connectivity index (χ3n) is 5.71. The molecular formula is C26H30N6O4S. The lowest BCUT2D eigenvalue weighted by molar-refractivity contribution is 0.0460. The lowest BCUT2D eigenvalue weighted by Gasteiger charge is -2.24. The third-order valence-corrected chi connectivity index (χ3v) is 6.62. The molecule has 0 saturated carbocycles. The van der Waals surface area contributed by atoms with Gasteiger partial charge >= 0.3 is 6.09 Å². The highest BCUT2D eigenvalue weighted by Crippen LogP contribution is 2.38. The lowest BCUT2D eigenvalue weighted by Crippen LogP contribution is -2.33. The molecule has 37 heavy (non-hydrogen) atoms. The zero-order chi connectivity index (χ0) is 26.6. The SMILES string of the molecule is COc1ccc(OC)c(Sc2nc3c(N)ncn(CCc4ccc(CC(C)(C)OC(N)=O)cc4)c-3n2)c1. The van der Waals surface area contributed by atoms with Gasteiger partial charge in [-0.3, -0.25) is 0 Å². The molecule has 2 aromatic rings. The Labute approximate surface area is 219 Å². The number of benzene rings is 2. The molecule has 2 aliphatic heterocycles. The molecule has 0 unspecified atom stereocenters. The Kier molecular flexibility index (Phi) is 7.72. The highest BCUT2D eigenvalue weighted by atomic mass is 32.2. The second-order valence-electron chi connectivity index (χ2n) is 9.04. The van der Waals surface area contributed by atoms with Crippen molar-refractivity contribution in [1.82, 2.24) is 19.5 Å². The fourth-order valence-electron chi connectivity index (χ4n) is 3.98. The number of methoxy groups -OCH3 is 2. The van der Waals surface area contributed by atoms with Crippen molar-refractivity contribution in [1.29, 1.82) is 0 Å². The van der Waals surface area contributed by atoms with Gasteiger partial charge in [0.25, 0.3) is 0 Å². The van der Waals surface area contributed by atoms with E-state index in [0.29, 0.717) is 47.0 Å². The Morgan fingerprint density at radius 2 is 1.78 bits per heavy atom. The number of nitrogens with two attached hydrogens (primary N) is 2. The molecule has 4 rings (SSSR count). The summed E-state index contributed by atoms with van der Waals surface area (Å²) in [5.41, 5.74) is 13.4. The minimum Gasteiger partial charge on any atom is -0.497 e. The Bertz CT molecular complexity index is 1360. The van der Waals surface area contributed by atoms with Crippen LogP contribution < -0.4 is 20.9 Å². The van der Waals surface area contributed by atoms with Crippen molar-refractivity contribution in [3.8, 4) is 23.0 Å². The Balaban J connectivity index is 1.49. The Morgan fingerprint density at radius 1 is 1.05 bits per heavy atom. The van der Waals surface area contributed by atoms with Crippen molar-refractivity contribution in [2.45, 2.75) is 48.9 Å². The zero-order valence-corrected chi connectivity index (χ0v) is 22.0. The van der Waals surface area contributed by atoms with Crippen LogP contribution in [0.1, 0.15) is 25.0 Å². The molecule has 0 aromatic heterocycles. The maximum Gasteiger partial charge on any atom is 0.405 e. The Morgan fingerprint density at radius 3 is 2.46 bits per heavy atom. The molecule has 10 nitrogen and oxygen atoms in total. The molecule has 11 heteroatoms. The molecule has 0 aliphatic carbocycles. The van der Waals surface area contributed by atoms with Crippen molar-refractivity contribution in [2.24, 2.45) is 5.73 Å². The first-order chi connectivity index (χ1) is 17.7. The van der Waals surface area contributed by atoms with Gasteiger partial charge < -0.3 is 30.2 Å². The fourth-order valence-corrected chi connectivity index (χ4v) is 4.87. The summed E-state index contributed by atoms with van der Waals surface area (Å²) in [4.78, 5) is 25.6. The second kappa shape index (κ2) is 11.0. The molecular weight excluding hydrogens is 492 g/mol. The molecule has 0 fully saturated rings. The summed E-state index contributed by atoms with van der Waals surface area (Å²) in [5, 5.41) is 0.542. The van der Waals surface area contributed by atoms with E-state index in [-0.39, 0.29) is 0 Å². The smallest absolute Gasteiger partial charge is 0.405 e. The quantitative estimate of drug-likeness (QED) is 0.314. The Hall–Kier alpha value is -3.99. The molecule has 194 valence electrons. The molecule has 4 N–H and O–H groups in total. The first-order valence-electron chi connectivity index (χ1n) is 11.6. The summed E-state index contributed by atoms with van der Waals surface area (Å²) in [7, 11) is 3.23. The van der Waals surface area contributed by atoms with Crippen molar-refractivity contribution >= 4 is 23.7 Å². The van der Waals surface area contributed by atoms with Crippen LogP contribution in [0.2, 0.25) is 0 Å². The minimum atomic E-state index is -0.776. The fraction of sp³-hybridized carbons (Fsp3) is 0.308. The number of aryl methyl sites for hydroxylation is 2. The van der Waals surface area contributed by atoms with E-state index in [9.17, 15) is 4.79 Å². The summed E-state index contributed by atoms with van der Waals surface area (Å²) < 4.78 is 17.9. The van der Waals surface area contributed by atoms with Crippen LogP contribution in [-0.4, -0.2) is 45.4 Å². The van der Waals surface area contributed by atoms with Gasteiger partial charge in [-0.05, 0) is 61.4 Å². The number of anilines is 1. The van der Waals surface area contributed by atoms with Gasteiger partial charge in [-0.1, -0.05) is 24.3 Å². The highest BCUT2D eigenvalue weighted by Gasteiger charge is 2.23. The number of nitrogen functional groups attached to an aromatic ring is 1. The number of aromatic nitrogens is 4. The van der Waals surface area contributed by atoms with Gasteiger partial charge in [0, 0.05) is 13.0 Å². The summed E-state index contributed by atoms with van der Waals surface area (Å²) in [5.74, 6) is 2.41. The largest absolute Gasteiger partial charge is 0.497 e. The molecule has 0 saturated heterocycles. The van der Waals surface area contributed by atoms with Gasteiger partial charge in [-0.2, -0.15) is 0 Å². The topological polar surface area (TPSA) is 140 Å².